The lowest BCUT2D eigenvalue weighted by atomic mass is 10.1. The number of thiophene rings is 1. The number of halogens is 1. The average molecular weight is 377 g/mol. The fourth-order valence-electron chi connectivity index (χ4n) is 2.77. The third-order valence-corrected chi connectivity index (χ3v) is 5.06. The van der Waals surface area contributed by atoms with Gasteiger partial charge in [0.1, 0.15) is 11.5 Å². The highest BCUT2D eigenvalue weighted by Gasteiger charge is 2.20. The lowest BCUT2D eigenvalue weighted by Gasteiger charge is -2.08. The van der Waals surface area contributed by atoms with Crippen LogP contribution >= 0.6 is 11.3 Å². The number of anilines is 1. The summed E-state index contributed by atoms with van der Waals surface area (Å²) in [5.74, 6) is -0.719. The highest BCUT2D eigenvalue weighted by Crippen LogP contribution is 2.29. The van der Waals surface area contributed by atoms with Crippen LogP contribution in [-0.4, -0.2) is 15.7 Å². The van der Waals surface area contributed by atoms with Gasteiger partial charge in [-0.1, -0.05) is 30.3 Å². The van der Waals surface area contributed by atoms with Crippen LogP contribution in [0.3, 0.4) is 0 Å². The number of benzene rings is 2. The first kappa shape index (κ1) is 17.2. The zero-order chi connectivity index (χ0) is 18.8. The van der Waals surface area contributed by atoms with Gasteiger partial charge in [0.2, 0.25) is 0 Å². The van der Waals surface area contributed by atoms with Crippen molar-refractivity contribution < 1.29 is 9.18 Å². The molecule has 0 radical (unpaired) electrons. The second-order valence-corrected chi connectivity index (χ2v) is 7.01. The van der Waals surface area contributed by atoms with Gasteiger partial charge in [-0.3, -0.25) is 4.79 Å². The fourth-order valence-corrected chi connectivity index (χ4v) is 3.49. The van der Waals surface area contributed by atoms with Crippen molar-refractivity contribution in [3.63, 3.8) is 0 Å². The Kier molecular flexibility index (Phi) is 4.56. The molecular weight excluding hydrogens is 361 g/mol. The van der Waals surface area contributed by atoms with Crippen LogP contribution in [0.25, 0.3) is 16.3 Å². The number of aromatic nitrogens is 2. The minimum atomic E-state index is -0.394. The van der Waals surface area contributed by atoms with Gasteiger partial charge in [0, 0.05) is 11.9 Å². The summed E-state index contributed by atoms with van der Waals surface area (Å²) in [5.41, 5.74) is 3.13. The summed E-state index contributed by atoms with van der Waals surface area (Å²) in [5, 5.41) is 9.36. The molecule has 134 valence electrons. The molecule has 0 fully saturated rings. The van der Waals surface area contributed by atoms with Crippen LogP contribution in [0, 0.1) is 12.7 Å². The van der Waals surface area contributed by atoms with Gasteiger partial charge in [0.05, 0.1) is 16.1 Å². The molecule has 0 spiro atoms. The van der Waals surface area contributed by atoms with E-state index in [9.17, 15) is 9.18 Å². The number of carbonyl (C=O) groups excluding carboxylic acids is 1. The SMILES string of the molecule is Cc1ccc(F)cc1NC(=O)c1cn(-c2ccccc2)nc1-c1cccs1. The molecule has 2 aromatic carbocycles. The quantitative estimate of drug-likeness (QED) is 0.524. The van der Waals surface area contributed by atoms with Crippen molar-refractivity contribution in [3.8, 4) is 16.3 Å². The molecule has 27 heavy (non-hydrogen) atoms. The molecule has 0 aliphatic carbocycles. The minimum Gasteiger partial charge on any atom is -0.322 e. The monoisotopic (exact) mass is 377 g/mol. The molecule has 0 aliphatic heterocycles. The Labute approximate surface area is 159 Å². The molecule has 4 aromatic rings. The van der Waals surface area contributed by atoms with E-state index in [0.717, 1.165) is 16.1 Å². The zero-order valence-electron chi connectivity index (χ0n) is 14.5. The van der Waals surface area contributed by atoms with Crippen LogP contribution in [0.1, 0.15) is 15.9 Å². The van der Waals surface area contributed by atoms with Gasteiger partial charge in [-0.15, -0.1) is 11.3 Å². The van der Waals surface area contributed by atoms with Crippen molar-refractivity contribution in [3.05, 3.63) is 89.2 Å². The van der Waals surface area contributed by atoms with Gasteiger partial charge in [-0.25, -0.2) is 9.07 Å². The molecule has 0 saturated carbocycles. The van der Waals surface area contributed by atoms with E-state index in [1.165, 1.54) is 23.5 Å². The Morgan fingerprint density at radius 3 is 2.67 bits per heavy atom. The van der Waals surface area contributed by atoms with E-state index < -0.39 is 5.82 Å². The van der Waals surface area contributed by atoms with Crippen LogP contribution in [0.4, 0.5) is 10.1 Å². The summed E-state index contributed by atoms with van der Waals surface area (Å²) in [4.78, 5) is 13.9. The summed E-state index contributed by atoms with van der Waals surface area (Å²) >= 11 is 1.51. The highest BCUT2D eigenvalue weighted by atomic mass is 32.1. The van der Waals surface area contributed by atoms with Crippen LogP contribution in [0.15, 0.2) is 72.2 Å². The molecule has 0 atom stereocenters. The number of carbonyl (C=O) groups is 1. The second kappa shape index (κ2) is 7.17. The summed E-state index contributed by atoms with van der Waals surface area (Å²) in [6.45, 7) is 1.82. The van der Waals surface area contributed by atoms with E-state index in [1.807, 2.05) is 54.8 Å². The van der Waals surface area contributed by atoms with E-state index in [1.54, 1.807) is 16.9 Å². The first-order valence-corrected chi connectivity index (χ1v) is 9.26. The maximum Gasteiger partial charge on any atom is 0.259 e. The van der Waals surface area contributed by atoms with Crippen molar-refractivity contribution in [2.24, 2.45) is 0 Å². The summed E-state index contributed by atoms with van der Waals surface area (Å²) < 4.78 is 15.2. The molecule has 2 heterocycles. The maximum atomic E-state index is 13.6. The molecule has 6 heteroatoms. The first-order chi connectivity index (χ1) is 13.1. The number of hydrogen-bond donors (Lipinski definition) is 1. The van der Waals surface area contributed by atoms with E-state index in [-0.39, 0.29) is 5.91 Å². The van der Waals surface area contributed by atoms with E-state index in [2.05, 4.69) is 10.4 Å². The van der Waals surface area contributed by atoms with Gasteiger partial charge >= 0.3 is 0 Å². The largest absolute Gasteiger partial charge is 0.322 e. The summed E-state index contributed by atoms with van der Waals surface area (Å²) in [7, 11) is 0. The predicted molar refractivity (Wildman–Crippen MR) is 106 cm³/mol. The molecule has 4 nitrogen and oxygen atoms in total. The third-order valence-electron chi connectivity index (χ3n) is 4.18. The Bertz CT molecular complexity index is 1090. The summed E-state index contributed by atoms with van der Waals surface area (Å²) in [6.07, 6.45) is 1.70. The van der Waals surface area contributed by atoms with E-state index in [0.29, 0.717) is 16.9 Å². The van der Waals surface area contributed by atoms with Gasteiger partial charge in [-0.05, 0) is 48.2 Å². The number of aryl methyl sites for hydroxylation is 1. The van der Waals surface area contributed by atoms with Crippen LogP contribution in [0.5, 0.6) is 0 Å². The van der Waals surface area contributed by atoms with Crippen molar-refractivity contribution in [2.75, 3.05) is 5.32 Å². The molecule has 0 unspecified atom stereocenters. The lowest BCUT2D eigenvalue weighted by molar-refractivity contribution is 0.102. The second-order valence-electron chi connectivity index (χ2n) is 6.06. The highest BCUT2D eigenvalue weighted by molar-refractivity contribution is 7.13. The van der Waals surface area contributed by atoms with E-state index >= 15 is 0 Å². The Morgan fingerprint density at radius 2 is 1.93 bits per heavy atom. The number of nitrogens with one attached hydrogen (secondary N) is 1. The zero-order valence-corrected chi connectivity index (χ0v) is 15.3. The number of rotatable bonds is 4. The maximum absolute atomic E-state index is 13.6. The molecule has 1 N–H and O–H groups in total. The number of nitrogens with zero attached hydrogens (tertiary/aromatic N) is 2. The van der Waals surface area contributed by atoms with Gasteiger partial charge in [-0.2, -0.15) is 5.10 Å². The molecular formula is C21H16FN3OS. The molecule has 0 bridgehead atoms. The minimum absolute atomic E-state index is 0.325. The smallest absolute Gasteiger partial charge is 0.259 e. The van der Waals surface area contributed by atoms with Crippen LogP contribution < -0.4 is 5.32 Å². The third kappa shape index (κ3) is 3.52. The molecule has 1 amide bonds. The van der Waals surface area contributed by atoms with Gasteiger partial charge in [0.15, 0.2) is 0 Å². The number of para-hydroxylation sites is 1. The van der Waals surface area contributed by atoms with Crippen molar-refractivity contribution in [1.29, 1.82) is 0 Å². The summed E-state index contributed by atoms with van der Waals surface area (Å²) in [6, 6.07) is 17.8. The van der Waals surface area contributed by atoms with Gasteiger partial charge < -0.3 is 5.32 Å². The average Bonchev–Trinajstić information content (AvgIpc) is 3.34. The van der Waals surface area contributed by atoms with Crippen molar-refractivity contribution in [2.45, 2.75) is 6.92 Å². The first-order valence-electron chi connectivity index (χ1n) is 8.38. The Balaban J connectivity index is 1.75. The Morgan fingerprint density at radius 1 is 1.11 bits per heavy atom. The van der Waals surface area contributed by atoms with Crippen LogP contribution in [-0.2, 0) is 0 Å². The van der Waals surface area contributed by atoms with Crippen molar-refractivity contribution >= 4 is 22.9 Å². The van der Waals surface area contributed by atoms with Crippen LogP contribution in [0.2, 0.25) is 0 Å². The molecule has 0 aliphatic rings. The van der Waals surface area contributed by atoms with Gasteiger partial charge in [0.25, 0.3) is 5.91 Å². The standard InChI is InChI=1S/C21H16FN3OS/c1-14-9-10-15(22)12-18(14)23-21(26)17-13-25(16-6-3-2-4-7-16)24-20(17)19-8-5-11-27-19/h2-13H,1H3,(H,23,26). The topological polar surface area (TPSA) is 46.9 Å². The molecule has 2 aromatic heterocycles. The normalized spacial score (nSPS) is 10.7. The number of hydrogen-bond acceptors (Lipinski definition) is 3. The Hall–Kier alpha value is -3.25. The van der Waals surface area contributed by atoms with E-state index in [4.69, 9.17) is 0 Å². The molecule has 4 rings (SSSR count). The fraction of sp³-hybridized carbons (Fsp3) is 0.0476. The molecule has 0 saturated heterocycles. The van der Waals surface area contributed by atoms with Crippen molar-refractivity contribution in [1.82, 2.24) is 9.78 Å². The lowest BCUT2D eigenvalue weighted by Crippen LogP contribution is -2.13. The predicted octanol–water partition coefficient (Wildman–Crippen LogP) is 5.30. The number of amides is 1.